The fourth-order valence-corrected chi connectivity index (χ4v) is 1.40. The number of benzene rings is 1. The lowest BCUT2D eigenvalue weighted by Gasteiger charge is -1.99. The van der Waals surface area contributed by atoms with Gasteiger partial charge in [-0.25, -0.2) is 0 Å². The third-order valence-corrected chi connectivity index (χ3v) is 1.98. The van der Waals surface area contributed by atoms with Crippen LogP contribution in [0.3, 0.4) is 0 Å². The first-order valence-electron chi connectivity index (χ1n) is 4.02. The Balaban J connectivity index is 2.68. The van der Waals surface area contributed by atoms with Gasteiger partial charge in [0.15, 0.2) is 0 Å². The Morgan fingerprint density at radius 1 is 0.857 bits per heavy atom. The largest absolute Gasteiger partial charge is 0.281 e. The van der Waals surface area contributed by atoms with Crippen molar-refractivity contribution >= 4 is 33.7 Å². The highest BCUT2D eigenvalue weighted by molar-refractivity contribution is 6.64. The minimum absolute atomic E-state index is 0.205. The normalized spacial score (nSPS) is 9.86. The number of carbonyl (C=O) groups excluding carboxylic acids is 2. The van der Waals surface area contributed by atoms with Crippen LogP contribution in [0, 0.1) is 0 Å². The monoisotopic (exact) mass is 230 g/mol. The molecular formula is C10H8Cl2O2. The lowest BCUT2D eigenvalue weighted by molar-refractivity contribution is -0.111. The Hall–Kier alpha value is -0.860. The molecule has 4 heteroatoms. The summed E-state index contributed by atoms with van der Waals surface area (Å²) >= 11 is 10.4. The van der Waals surface area contributed by atoms with Gasteiger partial charge in [0.25, 0.3) is 0 Å². The molecule has 0 N–H and O–H groups in total. The van der Waals surface area contributed by atoms with E-state index in [0.29, 0.717) is 0 Å². The van der Waals surface area contributed by atoms with Gasteiger partial charge >= 0.3 is 0 Å². The smallest absolute Gasteiger partial charge is 0.226 e. The molecule has 2 nitrogen and oxygen atoms in total. The number of halogens is 2. The van der Waals surface area contributed by atoms with Crippen molar-refractivity contribution in [3.05, 3.63) is 35.4 Å². The number of carbonyl (C=O) groups is 2. The Bertz CT molecular complexity index is 309. The van der Waals surface area contributed by atoms with Gasteiger partial charge < -0.3 is 0 Å². The summed E-state index contributed by atoms with van der Waals surface area (Å²) < 4.78 is 0. The van der Waals surface area contributed by atoms with Gasteiger partial charge in [-0.3, -0.25) is 9.59 Å². The molecule has 0 fully saturated rings. The Kier molecular flexibility index (Phi) is 4.11. The van der Waals surface area contributed by atoms with E-state index in [4.69, 9.17) is 23.2 Å². The van der Waals surface area contributed by atoms with Crippen LogP contribution < -0.4 is 0 Å². The number of hydrogen-bond acceptors (Lipinski definition) is 2. The molecule has 0 atom stereocenters. The highest BCUT2D eigenvalue weighted by Gasteiger charge is 2.01. The van der Waals surface area contributed by atoms with Crippen LogP contribution in [0.4, 0.5) is 0 Å². The van der Waals surface area contributed by atoms with Gasteiger partial charge in [-0.15, -0.1) is 0 Å². The van der Waals surface area contributed by atoms with E-state index in [-0.39, 0.29) is 12.8 Å². The predicted molar refractivity (Wildman–Crippen MR) is 55.6 cm³/mol. The quantitative estimate of drug-likeness (QED) is 0.745. The van der Waals surface area contributed by atoms with Crippen molar-refractivity contribution < 1.29 is 9.59 Å². The molecule has 14 heavy (non-hydrogen) atoms. The molecule has 1 rings (SSSR count). The van der Waals surface area contributed by atoms with Gasteiger partial charge in [-0.1, -0.05) is 24.3 Å². The molecule has 0 amide bonds. The summed E-state index contributed by atoms with van der Waals surface area (Å²) in [5, 5.41) is -0.794. The lowest BCUT2D eigenvalue weighted by Crippen LogP contribution is -1.96. The molecule has 1 aromatic rings. The van der Waals surface area contributed by atoms with Gasteiger partial charge in [0.05, 0.1) is 0 Å². The second-order valence-electron chi connectivity index (χ2n) is 2.88. The predicted octanol–water partition coefficient (Wildman–Crippen LogP) is 2.30. The van der Waals surface area contributed by atoms with Crippen molar-refractivity contribution in [1.29, 1.82) is 0 Å². The molecule has 0 saturated carbocycles. The fourth-order valence-electron chi connectivity index (χ4n) is 1.10. The summed E-state index contributed by atoms with van der Waals surface area (Å²) in [7, 11) is 0. The summed E-state index contributed by atoms with van der Waals surface area (Å²) in [5.74, 6) is 0. The van der Waals surface area contributed by atoms with E-state index in [1.165, 1.54) is 0 Å². The molecule has 0 saturated heterocycles. The fraction of sp³-hybridized carbons (Fsp3) is 0.200. The molecule has 0 unspecified atom stereocenters. The summed E-state index contributed by atoms with van der Waals surface area (Å²) in [6.07, 6.45) is 0.410. The average molecular weight is 231 g/mol. The summed E-state index contributed by atoms with van der Waals surface area (Å²) in [6.45, 7) is 0. The summed E-state index contributed by atoms with van der Waals surface area (Å²) in [4.78, 5) is 21.1. The van der Waals surface area contributed by atoms with Crippen LogP contribution >= 0.6 is 23.2 Å². The SMILES string of the molecule is O=C(Cl)Cc1ccc(CC(=O)Cl)cc1. The van der Waals surface area contributed by atoms with Gasteiger partial charge in [0.2, 0.25) is 10.5 Å². The van der Waals surface area contributed by atoms with E-state index >= 15 is 0 Å². The Morgan fingerprint density at radius 3 is 1.36 bits per heavy atom. The zero-order chi connectivity index (χ0) is 10.6. The minimum atomic E-state index is -0.397. The van der Waals surface area contributed by atoms with Crippen LogP contribution in [0.1, 0.15) is 11.1 Å². The maximum atomic E-state index is 10.6. The first-order chi connectivity index (χ1) is 6.58. The van der Waals surface area contributed by atoms with Gasteiger partial charge in [0, 0.05) is 12.8 Å². The second-order valence-corrected chi connectivity index (χ2v) is 3.72. The second kappa shape index (κ2) is 5.13. The molecule has 0 aliphatic rings. The van der Waals surface area contributed by atoms with Crippen LogP contribution in [0.5, 0.6) is 0 Å². The van der Waals surface area contributed by atoms with E-state index in [1.807, 2.05) is 0 Å². The van der Waals surface area contributed by atoms with E-state index in [1.54, 1.807) is 24.3 Å². The number of rotatable bonds is 4. The Labute approximate surface area is 91.8 Å². The van der Waals surface area contributed by atoms with Crippen LogP contribution in [0.25, 0.3) is 0 Å². The molecule has 0 aliphatic carbocycles. The summed E-state index contributed by atoms with van der Waals surface area (Å²) in [5.41, 5.74) is 1.66. The third-order valence-electron chi connectivity index (χ3n) is 1.71. The highest BCUT2D eigenvalue weighted by Crippen LogP contribution is 2.08. The highest BCUT2D eigenvalue weighted by atomic mass is 35.5. The molecular weight excluding hydrogens is 223 g/mol. The van der Waals surface area contributed by atoms with E-state index < -0.39 is 10.5 Å². The molecule has 0 spiro atoms. The summed E-state index contributed by atoms with van der Waals surface area (Å²) in [6, 6.07) is 7.04. The van der Waals surface area contributed by atoms with Crippen molar-refractivity contribution in [3.63, 3.8) is 0 Å². The minimum Gasteiger partial charge on any atom is -0.281 e. The van der Waals surface area contributed by atoms with Gasteiger partial charge in [-0.05, 0) is 34.3 Å². The zero-order valence-corrected chi connectivity index (χ0v) is 8.81. The van der Waals surface area contributed by atoms with Crippen molar-refractivity contribution in [3.8, 4) is 0 Å². The van der Waals surface area contributed by atoms with Crippen molar-refractivity contribution in [1.82, 2.24) is 0 Å². The van der Waals surface area contributed by atoms with Crippen LogP contribution in [-0.4, -0.2) is 10.5 Å². The van der Waals surface area contributed by atoms with Crippen molar-refractivity contribution in [2.24, 2.45) is 0 Å². The van der Waals surface area contributed by atoms with Gasteiger partial charge in [-0.2, -0.15) is 0 Å². The maximum absolute atomic E-state index is 10.6. The van der Waals surface area contributed by atoms with E-state index in [0.717, 1.165) is 11.1 Å². The van der Waals surface area contributed by atoms with Crippen LogP contribution in [0.2, 0.25) is 0 Å². The first kappa shape index (κ1) is 11.2. The molecule has 0 heterocycles. The lowest BCUT2D eigenvalue weighted by atomic mass is 10.1. The maximum Gasteiger partial charge on any atom is 0.226 e. The molecule has 1 aromatic carbocycles. The van der Waals surface area contributed by atoms with Crippen molar-refractivity contribution in [2.45, 2.75) is 12.8 Å². The molecule has 0 aliphatic heterocycles. The molecule has 0 radical (unpaired) electrons. The topological polar surface area (TPSA) is 34.1 Å². The standard InChI is InChI=1S/C10H8Cl2O2/c11-9(13)5-7-1-2-8(4-3-7)6-10(12)14/h1-4H,5-6H2. The first-order valence-corrected chi connectivity index (χ1v) is 4.78. The van der Waals surface area contributed by atoms with Crippen LogP contribution in [-0.2, 0) is 22.4 Å². The Morgan fingerprint density at radius 2 is 1.14 bits per heavy atom. The zero-order valence-electron chi connectivity index (χ0n) is 7.30. The third kappa shape index (κ3) is 3.90. The number of hydrogen-bond donors (Lipinski definition) is 0. The van der Waals surface area contributed by atoms with E-state index in [2.05, 4.69) is 0 Å². The van der Waals surface area contributed by atoms with Gasteiger partial charge in [0.1, 0.15) is 0 Å². The van der Waals surface area contributed by atoms with E-state index in [9.17, 15) is 9.59 Å². The average Bonchev–Trinajstić information content (AvgIpc) is 2.06. The molecule has 0 aromatic heterocycles. The molecule has 0 bridgehead atoms. The molecule has 74 valence electrons. The van der Waals surface area contributed by atoms with Crippen LogP contribution in [0.15, 0.2) is 24.3 Å². The van der Waals surface area contributed by atoms with Crippen molar-refractivity contribution in [2.75, 3.05) is 0 Å².